The maximum atomic E-state index is 12.8. The first-order valence-corrected chi connectivity index (χ1v) is 13.8. The van der Waals surface area contributed by atoms with E-state index in [0.29, 0.717) is 34.4 Å². The van der Waals surface area contributed by atoms with Crippen LogP contribution in [0.25, 0.3) is 0 Å². The summed E-state index contributed by atoms with van der Waals surface area (Å²) in [6.07, 6.45) is 11.0. The molecule has 0 radical (unpaired) electrons. The SMILES string of the molecule is CC(C)=CC(O)CC(C)C1C(O)CC2(C)C3CCC4C(C)(C)C(=O)CCC45CC35CCC12C. The van der Waals surface area contributed by atoms with Crippen molar-refractivity contribution in [1.82, 2.24) is 0 Å². The van der Waals surface area contributed by atoms with Crippen LogP contribution in [-0.2, 0) is 4.79 Å². The Morgan fingerprint density at radius 2 is 1.67 bits per heavy atom. The number of aliphatic hydroxyl groups excluding tert-OH is 2. The van der Waals surface area contributed by atoms with Crippen LogP contribution in [0, 0.1) is 50.7 Å². The van der Waals surface area contributed by atoms with Crippen LogP contribution in [0.5, 0.6) is 0 Å². The normalized spacial score (nSPS) is 51.5. The fraction of sp³-hybridized carbons (Fsp3) is 0.900. The van der Waals surface area contributed by atoms with Gasteiger partial charge in [-0.15, -0.1) is 0 Å². The lowest BCUT2D eigenvalue weighted by Crippen LogP contribution is -2.57. The topological polar surface area (TPSA) is 57.5 Å². The predicted octanol–water partition coefficient (Wildman–Crippen LogP) is 6.32. The largest absolute Gasteiger partial charge is 0.393 e. The first-order valence-electron chi connectivity index (χ1n) is 13.8. The second-order valence-electron chi connectivity index (χ2n) is 14.5. The van der Waals surface area contributed by atoms with Crippen LogP contribution >= 0.6 is 0 Å². The Hall–Kier alpha value is -0.670. The highest BCUT2D eigenvalue weighted by molar-refractivity contribution is 5.86. The number of Topliss-reactive ketones (excluding diaryl/α,β-unsaturated/α-hetero) is 1. The molecule has 33 heavy (non-hydrogen) atoms. The molecular weight excluding hydrogens is 408 g/mol. The van der Waals surface area contributed by atoms with Gasteiger partial charge in [-0.3, -0.25) is 4.79 Å². The maximum absolute atomic E-state index is 12.8. The number of hydrogen-bond donors (Lipinski definition) is 2. The standard InChI is InChI=1S/C30H48O3/c1-18(2)14-20(31)15-19(3)25-21(32)16-28(7)23-9-8-22-26(4,5)24(33)10-11-29(22)17-30(23,29)13-12-27(25,28)6/h14,19-23,25,31-32H,8-13,15-17H2,1-7H3. The summed E-state index contributed by atoms with van der Waals surface area (Å²) >= 11 is 0. The molecule has 3 nitrogen and oxygen atoms in total. The van der Waals surface area contributed by atoms with Gasteiger partial charge in [-0.25, -0.2) is 0 Å². The molecule has 5 rings (SSSR count). The van der Waals surface area contributed by atoms with Gasteiger partial charge in [0.05, 0.1) is 12.2 Å². The summed E-state index contributed by atoms with van der Waals surface area (Å²) in [6, 6.07) is 0. The molecule has 2 N–H and O–H groups in total. The Kier molecular flexibility index (Phi) is 5.24. The molecule has 5 aliphatic rings. The number of ketones is 1. The van der Waals surface area contributed by atoms with Crippen molar-refractivity contribution >= 4 is 5.78 Å². The molecular formula is C30H48O3. The second-order valence-corrected chi connectivity index (χ2v) is 14.5. The van der Waals surface area contributed by atoms with Crippen molar-refractivity contribution in [3.63, 3.8) is 0 Å². The summed E-state index contributed by atoms with van der Waals surface area (Å²) in [5, 5.41) is 22.1. The minimum Gasteiger partial charge on any atom is -0.393 e. The van der Waals surface area contributed by atoms with Gasteiger partial charge in [-0.1, -0.05) is 46.3 Å². The fourth-order valence-electron chi connectivity index (χ4n) is 11.3. The highest BCUT2D eigenvalue weighted by Crippen LogP contribution is 2.88. The van der Waals surface area contributed by atoms with Crippen molar-refractivity contribution < 1.29 is 15.0 Å². The van der Waals surface area contributed by atoms with Gasteiger partial charge in [0.25, 0.3) is 0 Å². The highest BCUT2D eigenvalue weighted by atomic mass is 16.3. The van der Waals surface area contributed by atoms with Gasteiger partial charge in [0.1, 0.15) is 5.78 Å². The molecule has 186 valence electrons. The highest BCUT2D eigenvalue weighted by Gasteiger charge is 2.82. The lowest BCUT2D eigenvalue weighted by Gasteiger charge is -2.62. The van der Waals surface area contributed by atoms with Crippen molar-refractivity contribution in [2.45, 2.75) is 118 Å². The van der Waals surface area contributed by atoms with Crippen LogP contribution in [-0.4, -0.2) is 28.2 Å². The van der Waals surface area contributed by atoms with E-state index in [1.807, 2.05) is 19.9 Å². The van der Waals surface area contributed by atoms with Crippen molar-refractivity contribution in [1.29, 1.82) is 0 Å². The quantitative estimate of drug-likeness (QED) is 0.487. The summed E-state index contributed by atoms with van der Waals surface area (Å²) in [5.74, 6) is 2.25. The lowest BCUT2D eigenvalue weighted by atomic mass is 9.42. The Balaban J connectivity index is 1.45. The number of carbonyl (C=O) groups excluding carboxylic acids is 1. The van der Waals surface area contributed by atoms with Crippen molar-refractivity contribution in [3.05, 3.63) is 11.6 Å². The summed E-state index contributed by atoms with van der Waals surface area (Å²) in [5.41, 5.74) is 2.03. The van der Waals surface area contributed by atoms with Crippen molar-refractivity contribution in [3.8, 4) is 0 Å². The number of rotatable bonds is 4. The Morgan fingerprint density at radius 3 is 2.33 bits per heavy atom. The number of hydrogen-bond acceptors (Lipinski definition) is 3. The fourth-order valence-corrected chi connectivity index (χ4v) is 11.3. The number of aliphatic hydroxyl groups is 2. The molecule has 0 aromatic carbocycles. The van der Waals surface area contributed by atoms with Crippen LogP contribution in [0.3, 0.4) is 0 Å². The van der Waals surface area contributed by atoms with E-state index in [1.54, 1.807) is 0 Å². The molecule has 0 bridgehead atoms. The molecule has 3 heteroatoms. The molecule has 10 atom stereocenters. The van der Waals surface area contributed by atoms with Gasteiger partial charge < -0.3 is 10.2 Å². The van der Waals surface area contributed by atoms with E-state index in [1.165, 1.54) is 32.1 Å². The number of allylic oxidation sites excluding steroid dienone is 1. The molecule has 0 aliphatic heterocycles. The lowest BCUT2D eigenvalue weighted by molar-refractivity contribution is -0.157. The molecule has 5 saturated carbocycles. The van der Waals surface area contributed by atoms with Gasteiger partial charge in [0, 0.05) is 11.8 Å². The van der Waals surface area contributed by atoms with Crippen LogP contribution in [0.4, 0.5) is 0 Å². The molecule has 0 heterocycles. The first kappa shape index (κ1) is 24.0. The van der Waals surface area contributed by atoms with E-state index >= 15 is 0 Å². The van der Waals surface area contributed by atoms with E-state index < -0.39 is 6.10 Å². The molecule has 0 aromatic heterocycles. The van der Waals surface area contributed by atoms with Crippen LogP contribution < -0.4 is 0 Å². The smallest absolute Gasteiger partial charge is 0.138 e. The third-order valence-electron chi connectivity index (χ3n) is 12.7. The summed E-state index contributed by atoms with van der Waals surface area (Å²) in [6.45, 7) is 15.8. The van der Waals surface area contributed by atoms with Crippen molar-refractivity contribution in [2.24, 2.45) is 50.7 Å². The average Bonchev–Trinajstić information content (AvgIpc) is 3.30. The van der Waals surface area contributed by atoms with Crippen molar-refractivity contribution in [2.75, 3.05) is 0 Å². The molecule has 5 fully saturated rings. The minimum absolute atomic E-state index is 0.114. The van der Waals surface area contributed by atoms with Gasteiger partial charge in [0.2, 0.25) is 0 Å². The van der Waals surface area contributed by atoms with E-state index in [2.05, 4.69) is 34.6 Å². The summed E-state index contributed by atoms with van der Waals surface area (Å²) in [4.78, 5) is 12.8. The third-order valence-corrected chi connectivity index (χ3v) is 12.7. The zero-order chi connectivity index (χ0) is 24.2. The van der Waals surface area contributed by atoms with Gasteiger partial charge in [0.15, 0.2) is 0 Å². The molecule has 0 amide bonds. The Morgan fingerprint density at radius 1 is 1.03 bits per heavy atom. The van der Waals surface area contributed by atoms with E-state index in [9.17, 15) is 15.0 Å². The van der Waals surface area contributed by atoms with Gasteiger partial charge >= 0.3 is 0 Å². The average molecular weight is 457 g/mol. The zero-order valence-electron chi connectivity index (χ0n) is 22.2. The number of carbonyl (C=O) groups is 1. The second kappa shape index (κ2) is 7.19. The van der Waals surface area contributed by atoms with Crippen LogP contribution in [0.15, 0.2) is 11.6 Å². The molecule has 2 spiro atoms. The minimum atomic E-state index is -0.424. The zero-order valence-corrected chi connectivity index (χ0v) is 22.2. The number of fused-ring (bicyclic) bond motifs is 2. The summed E-state index contributed by atoms with van der Waals surface area (Å²) < 4.78 is 0. The Bertz CT molecular complexity index is 870. The molecule has 0 saturated heterocycles. The maximum Gasteiger partial charge on any atom is 0.138 e. The van der Waals surface area contributed by atoms with Crippen LogP contribution in [0.2, 0.25) is 0 Å². The third kappa shape index (κ3) is 2.90. The van der Waals surface area contributed by atoms with Gasteiger partial charge in [-0.2, -0.15) is 0 Å². The first-order chi connectivity index (χ1) is 15.3. The van der Waals surface area contributed by atoms with Crippen LogP contribution in [0.1, 0.15) is 106 Å². The van der Waals surface area contributed by atoms with E-state index in [-0.39, 0.29) is 28.3 Å². The van der Waals surface area contributed by atoms with E-state index in [0.717, 1.165) is 31.3 Å². The monoisotopic (exact) mass is 456 g/mol. The Labute approximate surface area is 201 Å². The predicted molar refractivity (Wildman–Crippen MR) is 132 cm³/mol. The van der Waals surface area contributed by atoms with E-state index in [4.69, 9.17) is 0 Å². The molecule has 5 aliphatic carbocycles. The molecule has 10 unspecified atom stereocenters. The van der Waals surface area contributed by atoms with Gasteiger partial charge in [-0.05, 0) is 111 Å². The summed E-state index contributed by atoms with van der Waals surface area (Å²) in [7, 11) is 0. The molecule has 0 aromatic rings.